The van der Waals surface area contributed by atoms with E-state index in [-0.39, 0.29) is 0 Å². The Morgan fingerprint density at radius 3 is 1.55 bits per heavy atom. The summed E-state index contributed by atoms with van der Waals surface area (Å²) in [5, 5.41) is 0. The Morgan fingerprint density at radius 1 is 0.545 bits per heavy atom. The Labute approximate surface area is 135 Å². The van der Waals surface area contributed by atoms with Gasteiger partial charge in [0.05, 0.1) is 0 Å². The summed E-state index contributed by atoms with van der Waals surface area (Å²) in [6, 6.07) is 20.4. The fourth-order valence-electron chi connectivity index (χ4n) is 3.86. The van der Waals surface area contributed by atoms with Gasteiger partial charge in [0, 0.05) is 22.3 Å². The summed E-state index contributed by atoms with van der Waals surface area (Å²) in [6.07, 6.45) is 4.76. The van der Waals surface area contributed by atoms with Crippen LogP contribution in [-0.4, -0.2) is 0 Å². The molecule has 0 aliphatic heterocycles. The van der Waals surface area contributed by atoms with Gasteiger partial charge in [0.25, 0.3) is 0 Å². The molecule has 0 N–H and O–H groups in total. The van der Waals surface area contributed by atoms with Crippen molar-refractivity contribution >= 4 is 11.3 Å². The SMILES string of the molecule is c1ccc2c(c1)CCc1cc3c([s+]c1-2)-c1ccccc1CC3. The van der Waals surface area contributed by atoms with Gasteiger partial charge < -0.3 is 0 Å². The number of benzene rings is 2. The molecule has 22 heavy (non-hydrogen) atoms. The molecule has 0 saturated heterocycles. The first kappa shape index (κ1) is 12.5. The molecular formula is C21H17S+. The average molecular weight is 301 g/mol. The number of rotatable bonds is 0. The molecule has 5 rings (SSSR count). The Bertz CT molecular complexity index is 821. The van der Waals surface area contributed by atoms with Crippen LogP contribution in [0.3, 0.4) is 0 Å². The van der Waals surface area contributed by atoms with Gasteiger partial charge in [-0.25, -0.2) is 0 Å². The summed E-state index contributed by atoms with van der Waals surface area (Å²) >= 11 is 2.01. The van der Waals surface area contributed by atoms with E-state index in [2.05, 4.69) is 54.6 Å². The van der Waals surface area contributed by atoms with Crippen molar-refractivity contribution in [3.8, 4) is 20.9 Å². The lowest BCUT2D eigenvalue weighted by atomic mass is 9.87. The second kappa shape index (κ2) is 4.76. The number of fused-ring (bicyclic) bond motifs is 6. The molecule has 2 aliphatic rings. The third kappa shape index (κ3) is 1.79. The van der Waals surface area contributed by atoms with Gasteiger partial charge in [-0.05, 0) is 55.0 Å². The molecule has 0 amide bonds. The van der Waals surface area contributed by atoms with E-state index in [0.29, 0.717) is 0 Å². The molecule has 0 fully saturated rings. The fraction of sp³-hybridized carbons (Fsp3) is 0.190. The third-order valence-corrected chi connectivity index (χ3v) is 6.36. The van der Waals surface area contributed by atoms with Crippen molar-refractivity contribution in [2.24, 2.45) is 0 Å². The predicted molar refractivity (Wildman–Crippen MR) is 94.4 cm³/mol. The molecule has 1 heteroatoms. The first-order chi connectivity index (χ1) is 10.9. The molecule has 0 atom stereocenters. The Balaban J connectivity index is 1.78. The van der Waals surface area contributed by atoms with Gasteiger partial charge in [0.2, 0.25) is 21.1 Å². The van der Waals surface area contributed by atoms with Crippen LogP contribution in [-0.2, 0) is 25.7 Å². The zero-order valence-corrected chi connectivity index (χ0v) is 13.2. The Morgan fingerprint density at radius 2 is 1.00 bits per heavy atom. The van der Waals surface area contributed by atoms with E-state index in [1.165, 1.54) is 57.7 Å². The minimum atomic E-state index is 1.19. The van der Waals surface area contributed by atoms with Crippen LogP contribution in [0, 0.1) is 0 Å². The topological polar surface area (TPSA) is 0 Å². The van der Waals surface area contributed by atoms with Crippen LogP contribution in [0.1, 0.15) is 22.3 Å². The van der Waals surface area contributed by atoms with Gasteiger partial charge in [-0.1, -0.05) is 36.4 Å². The average Bonchev–Trinajstić information content (AvgIpc) is 2.60. The van der Waals surface area contributed by atoms with Crippen molar-refractivity contribution < 1.29 is 0 Å². The number of hydrogen-bond acceptors (Lipinski definition) is 0. The molecule has 0 spiro atoms. The van der Waals surface area contributed by atoms with E-state index in [1.807, 2.05) is 11.3 Å². The van der Waals surface area contributed by atoms with E-state index in [0.717, 1.165) is 0 Å². The minimum Gasteiger partial charge on any atom is -0.0619 e. The van der Waals surface area contributed by atoms with Gasteiger partial charge in [-0.15, -0.1) is 0 Å². The van der Waals surface area contributed by atoms with Crippen molar-refractivity contribution in [3.05, 3.63) is 76.9 Å². The molecule has 2 aromatic carbocycles. The molecule has 106 valence electrons. The molecule has 0 unspecified atom stereocenters. The highest BCUT2D eigenvalue weighted by Gasteiger charge is 2.31. The van der Waals surface area contributed by atoms with Crippen molar-refractivity contribution in [1.82, 2.24) is 0 Å². The van der Waals surface area contributed by atoms with Gasteiger partial charge in [0.1, 0.15) is 0 Å². The summed E-state index contributed by atoms with van der Waals surface area (Å²) in [7, 11) is 0. The molecular weight excluding hydrogens is 284 g/mol. The van der Waals surface area contributed by atoms with Crippen LogP contribution < -0.4 is 0 Å². The summed E-state index contributed by atoms with van der Waals surface area (Å²) < 4.78 is 0. The molecule has 2 aliphatic carbocycles. The molecule has 0 saturated carbocycles. The van der Waals surface area contributed by atoms with Crippen LogP contribution >= 0.6 is 11.3 Å². The van der Waals surface area contributed by atoms with Crippen LogP contribution in [0.4, 0.5) is 0 Å². The van der Waals surface area contributed by atoms with Crippen molar-refractivity contribution in [1.29, 1.82) is 0 Å². The highest BCUT2D eigenvalue weighted by molar-refractivity contribution is 7.18. The third-order valence-electron chi connectivity index (χ3n) is 4.99. The van der Waals surface area contributed by atoms with E-state index in [1.54, 1.807) is 11.1 Å². The maximum atomic E-state index is 2.49. The quantitative estimate of drug-likeness (QED) is 0.477. The van der Waals surface area contributed by atoms with Crippen molar-refractivity contribution in [3.63, 3.8) is 0 Å². The molecule has 1 heterocycles. The lowest BCUT2D eigenvalue weighted by molar-refractivity contribution is 0.919. The van der Waals surface area contributed by atoms with Gasteiger partial charge in [-0.3, -0.25) is 0 Å². The van der Waals surface area contributed by atoms with E-state index in [9.17, 15) is 0 Å². The fourth-order valence-corrected chi connectivity index (χ4v) is 5.27. The predicted octanol–water partition coefficient (Wildman–Crippen LogP) is 5.56. The zero-order chi connectivity index (χ0) is 14.5. The van der Waals surface area contributed by atoms with Gasteiger partial charge in [0.15, 0.2) is 0 Å². The molecule has 0 bridgehead atoms. The summed E-state index contributed by atoms with van der Waals surface area (Å²) in [5.74, 6) is 0. The number of aryl methyl sites for hydroxylation is 4. The molecule has 1 aromatic heterocycles. The smallest absolute Gasteiger partial charge is 0.0619 e. The lowest BCUT2D eigenvalue weighted by Gasteiger charge is -2.18. The largest absolute Gasteiger partial charge is 0.242 e. The Hall–Kier alpha value is -1.99. The lowest BCUT2D eigenvalue weighted by Crippen LogP contribution is -2.07. The zero-order valence-electron chi connectivity index (χ0n) is 12.4. The molecule has 0 radical (unpaired) electrons. The van der Waals surface area contributed by atoms with Gasteiger partial charge in [-0.2, -0.15) is 0 Å². The summed E-state index contributed by atoms with van der Waals surface area (Å²) in [4.78, 5) is 3.00. The van der Waals surface area contributed by atoms with Crippen LogP contribution in [0.15, 0.2) is 54.6 Å². The molecule has 0 nitrogen and oxygen atoms in total. The van der Waals surface area contributed by atoms with Crippen molar-refractivity contribution in [2.45, 2.75) is 25.7 Å². The normalized spacial score (nSPS) is 14.5. The minimum absolute atomic E-state index is 1.19. The van der Waals surface area contributed by atoms with Crippen LogP contribution in [0.5, 0.6) is 0 Å². The standard InChI is InChI=1S/C21H17S/c1-3-7-18-14(5-1)9-11-16-13-17-12-10-15-6-2-4-8-19(15)21(17)22-20(16)18/h1-8,13H,9-12H2/q+1. The maximum Gasteiger partial charge on any atom is 0.242 e. The second-order valence-corrected chi connectivity index (χ2v) is 7.29. The Kier molecular flexibility index (Phi) is 2.71. The highest BCUT2D eigenvalue weighted by atomic mass is 32.1. The highest BCUT2D eigenvalue weighted by Crippen LogP contribution is 2.45. The van der Waals surface area contributed by atoms with Crippen LogP contribution in [0.25, 0.3) is 20.9 Å². The van der Waals surface area contributed by atoms with E-state index in [4.69, 9.17) is 0 Å². The summed E-state index contributed by atoms with van der Waals surface area (Å²) in [5.41, 5.74) is 9.05. The van der Waals surface area contributed by atoms with E-state index < -0.39 is 0 Å². The maximum absolute atomic E-state index is 2.49. The van der Waals surface area contributed by atoms with Crippen LogP contribution in [0.2, 0.25) is 0 Å². The first-order valence-electron chi connectivity index (χ1n) is 8.05. The summed E-state index contributed by atoms with van der Waals surface area (Å²) in [6.45, 7) is 0. The second-order valence-electron chi connectivity index (χ2n) is 6.27. The monoisotopic (exact) mass is 301 g/mol. The van der Waals surface area contributed by atoms with Gasteiger partial charge >= 0.3 is 0 Å². The first-order valence-corrected chi connectivity index (χ1v) is 8.87. The molecule has 3 aromatic rings. The number of hydrogen-bond donors (Lipinski definition) is 0. The van der Waals surface area contributed by atoms with Crippen molar-refractivity contribution in [2.75, 3.05) is 0 Å². The van der Waals surface area contributed by atoms with E-state index >= 15 is 0 Å².